The van der Waals surface area contributed by atoms with Crippen LogP contribution in [-0.4, -0.2) is 58.8 Å². The van der Waals surface area contributed by atoms with Gasteiger partial charge in [0, 0.05) is 43.4 Å². The Morgan fingerprint density at radius 2 is 1.97 bits per heavy atom. The van der Waals surface area contributed by atoms with E-state index in [1.165, 1.54) is 36.2 Å². The van der Waals surface area contributed by atoms with Gasteiger partial charge in [-0.3, -0.25) is 14.8 Å². The topological polar surface area (TPSA) is 75.5 Å². The van der Waals surface area contributed by atoms with Crippen LogP contribution in [0.2, 0.25) is 0 Å². The Morgan fingerprint density at radius 3 is 2.73 bits per heavy atom. The number of ether oxygens (including phenoxy) is 1. The summed E-state index contributed by atoms with van der Waals surface area (Å²) in [5.41, 5.74) is 4.78. The number of fused-ring (bicyclic) bond motifs is 1. The number of carboxylic acid groups (broad SMARTS) is 1. The number of methoxy groups -OCH3 is 1. The molecule has 2 aromatic heterocycles. The number of aryl methyl sites for hydroxylation is 3. The van der Waals surface area contributed by atoms with E-state index in [9.17, 15) is 9.90 Å². The van der Waals surface area contributed by atoms with Crippen molar-refractivity contribution < 1.29 is 14.6 Å². The Balaban J connectivity index is 1.48. The molecular weight excluding hydrogens is 414 g/mol. The molecule has 6 nitrogen and oxygen atoms in total. The fourth-order valence-electron chi connectivity index (χ4n) is 4.56. The van der Waals surface area contributed by atoms with Gasteiger partial charge in [-0.25, -0.2) is 0 Å². The van der Waals surface area contributed by atoms with E-state index in [4.69, 9.17) is 9.72 Å². The van der Waals surface area contributed by atoms with Gasteiger partial charge in [-0.1, -0.05) is 12.1 Å². The summed E-state index contributed by atoms with van der Waals surface area (Å²) in [4.78, 5) is 23.4. The predicted molar refractivity (Wildman–Crippen MR) is 130 cm³/mol. The van der Waals surface area contributed by atoms with Gasteiger partial charge in [-0.05, 0) is 95.1 Å². The molecule has 0 saturated carbocycles. The second-order valence-corrected chi connectivity index (χ2v) is 9.27. The summed E-state index contributed by atoms with van der Waals surface area (Å²) in [6, 6.07) is 10.1. The molecule has 180 valence electrons. The van der Waals surface area contributed by atoms with Crippen molar-refractivity contribution in [1.82, 2.24) is 14.9 Å². The molecular formula is C27H39N3O3. The molecule has 1 N–H and O–H groups in total. The quantitative estimate of drug-likeness (QED) is 0.429. The average Bonchev–Trinajstić information content (AvgIpc) is 2.84. The molecule has 0 saturated heterocycles. The largest absolute Gasteiger partial charge is 0.481 e. The van der Waals surface area contributed by atoms with Gasteiger partial charge in [0.25, 0.3) is 0 Å². The number of carbonyl (C=O) groups is 1. The van der Waals surface area contributed by atoms with Crippen LogP contribution in [0.5, 0.6) is 0 Å². The fraction of sp³-hybridized carbons (Fsp3) is 0.593. The second kappa shape index (κ2) is 13.4. The summed E-state index contributed by atoms with van der Waals surface area (Å²) in [5, 5.41) is 9.72. The third-order valence-electron chi connectivity index (χ3n) is 6.64. The second-order valence-electron chi connectivity index (χ2n) is 9.27. The standard InChI is InChI=1S/C27H39N3O3/c1-21(33-2)20-30(18-15-23(27(31)32)19-25-11-5-7-16-28-25)17-8-6-10-24-14-13-22-9-3-4-12-26(22)29-24/h5,7,11,13-14,16,21,23H,3-4,6,8-10,12,15,17-20H2,1-2H3,(H,31,32)/t21-,23-/m1/s1. The molecule has 0 aromatic carbocycles. The number of aliphatic carboxylic acids is 1. The first kappa shape index (κ1) is 25.3. The summed E-state index contributed by atoms with van der Waals surface area (Å²) >= 11 is 0. The molecule has 6 heteroatoms. The van der Waals surface area contributed by atoms with Crippen molar-refractivity contribution in [3.05, 3.63) is 59.2 Å². The molecule has 0 spiro atoms. The number of carboxylic acids is 1. The molecule has 2 heterocycles. The first-order valence-electron chi connectivity index (χ1n) is 12.4. The molecule has 0 amide bonds. The van der Waals surface area contributed by atoms with Crippen molar-refractivity contribution in [2.45, 2.75) is 70.8 Å². The minimum atomic E-state index is -0.751. The maximum Gasteiger partial charge on any atom is 0.306 e. The fourth-order valence-corrected chi connectivity index (χ4v) is 4.56. The third kappa shape index (κ3) is 8.52. The van der Waals surface area contributed by atoms with Crippen molar-refractivity contribution in [2.24, 2.45) is 5.92 Å². The van der Waals surface area contributed by atoms with Crippen molar-refractivity contribution in [1.29, 1.82) is 0 Å². The minimum Gasteiger partial charge on any atom is -0.481 e. The lowest BCUT2D eigenvalue weighted by atomic mass is 9.95. The molecule has 3 rings (SSSR count). The van der Waals surface area contributed by atoms with Crippen LogP contribution in [0.25, 0.3) is 0 Å². The van der Waals surface area contributed by atoms with Gasteiger partial charge in [0.1, 0.15) is 0 Å². The van der Waals surface area contributed by atoms with Gasteiger partial charge in [-0.15, -0.1) is 0 Å². The van der Waals surface area contributed by atoms with Crippen molar-refractivity contribution in [3.63, 3.8) is 0 Å². The Morgan fingerprint density at radius 1 is 1.12 bits per heavy atom. The van der Waals surface area contributed by atoms with Crippen LogP contribution in [0, 0.1) is 5.92 Å². The zero-order valence-electron chi connectivity index (χ0n) is 20.2. The van der Waals surface area contributed by atoms with Crippen molar-refractivity contribution >= 4 is 5.97 Å². The summed E-state index contributed by atoms with van der Waals surface area (Å²) in [7, 11) is 1.73. The molecule has 2 aromatic rings. The van der Waals surface area contributed by atoms with Crippen molar-refractivity contribution in [3.8, 4) is 0 Å². The Kier molecular flexibility index (Phi) is 10.3. The van der Waals surface area contributed by atoms with Gasteiger partial charge in [0.2, 0.25) is 0 Å². The predicted octanol–water partition coefficient (Wildman–Crippen LogP) is 4.35. The number of nitrogens with zero attached hydrogens (tertiary/aromatic N) is 3. The zero-order chi connectivity index (χ0) is 23.5. The van der Waals surface area contributed by atoms with E-state index in [2.05, 4.69) is 28.9 Å². The van der Waals surface area contributed by atoms with Crippen LogP contribution >= 0.6 is 0 Å². The molecule has 0 bridgehead atoms. The van der Waals surface area contributed by atoms with E-state index in [-0.39, 0.29) is 6.10 Å². The number of hydrogen-bond donors (Lipinski definition) is 1. The molecule has 1 aliphatic rings. The van der Waals surface area contributed by atoms with E-state index in [0.29, 0.717) is 12.8 Å². The first-order valence-corrected chi connectivity index (χ1v) is 12.4. The number of unbranched alkanes of at least 4 members (excludes halogenated alkanes) is 1. The number of rotatable bonds is 14. The molecule has 1 aliphatic carbocycles. The summed E-state index contributed by atoms with van der Waals surface area (Å²) in [5.74, 6) is -1.18. The van der Waals surface area contributed by atoms with Gasteiger partial charge < -0.3 is 14.7 Å². The lowest BCUT2D eigenvalue weighted by Crippen LogP contribution is -2.35. The summed E-state index contributed by atoms with van der Waals surface area (Å²) < 4.78 is 5.48. The van der Waals surface area contributed by atoms with Gasteiger partial charge in [0.05, 0.1) is 12.0 Å². The number of aromatic nitrogens is 2. The summed E-state index contributed by atoms with van der Waals surface area (Å²) in [6.07, 6.45) is 10.9. The molecule has 33 heavy (non-hydrogen) atoms. The maximum atomic E-state index is 11.8. The molecule has 0 unspecified atom stereocenters. The van der Waals surface area contributed by atoms with Crippen LogP contribution in [0.1, 0.15) is 61.7 Å². The molecule has 2 atom stereocenters. The van der Waals surface area contributed by atoms with Crippen LogP contribution < -0.4 is 0 Å². The molecule has 0 fully saturated rings. The van der Waals surface area contributed by atoms with Crippen LogP contribution in [0.15, 0.2) is 36.5 Å². The lowest BCUT2D eigenvalue weighted by Gasteiger charge is -2.26. The Hall–Kier alpha value is -2.31. The maximum absolute atomic E-state index is 11.8. The van der Waals surface area contributed by atoms with Gasteiger partial charge in [0.15, 0.2) is 0 Å². The highest BCUT2D eigenvalue weighted by molar-refractivity contribution is 5.70. The van der Waals surface area contributed by atoms with Crippen molar-refractivity contribution in [2.75, 3.05) is 26.7 Å². The average molecular weight is 454 g/mol. The van der Waals surface area contributed by atoms with E-state index in [1.807, 2.05) is 18.2 Å². The zero-order valence-corrected chi connectivity index (χ0v) is 20.2. The van der Waals surface area contributed by atoms with Gasteiger partial charge >= 0.3 is 5.97 Å². The smallest absolute Gasteiger partial charge is 0.306 e. The van der Waals surface area contributed by atoms with Crippen LogP contribution in [-0.2, 0) is 35.2 Å². The van der Waals surface area contributed by atoms with E-state index in [1.54, 1.807) is 13.3 Å². The monoisotopic (exact) mass is 453 g/mol. The van der Waals surface area contributed by atoms with Gasteiger partial charge in [-0.2, -0.15) is 0 Å². The highest BCUT2D eigenvalue weighted by atomic mass is 16.5. The lowest BCUT2D eigenvalue weighted by molar-refractivity contribution is -0.142. The SMILES string of the molecule is CO[C@H](C)CN(CCCCc1ccc2c(n1)CCCC2)CC[C@H](Cc1ccccn1)C(=O)O. The Bertz CT molecular complexity index is 859. The molecule has 0 radical (unpaired) electrons. The molecule has 0 aliphatic heterocycles. The van der Waals surface area contributed by atoms with E-state index < -0.39 is 11.9 Å². The Labute approximate surface area is 198 Å². The van der Waals surface area contributed by atoms with Crippen LogP contribution in [0.3, 0.4) is 0 Å². The summed E-state index contributed by atoms with van der Waals surface area (Å²) in [6.45, 7) is 4.55. The first-order chi connectivity index (χ1) is 16.0. The van der Waals surface area contributed by atoms with E-state index >= 15 is 0 Å². The highest BCUT2D eigenvalue weighted by Crippen LogP contribution is 2.20. The minimum absolute atomic E-state index is 0.117. The third-order valence-corrected chi connectivity index (χ3v) is 6.64. The normalized spacial score (nSPS) is 15.2. The van der Waals surface area contributed by atoms with Crippen LogP contribution in [0.4, 0.5) is 0 Å². The number of pyridine rings is 2. The number of hydrogen-bond acceptors (Lipinski definition) is 5. The van der Waals surface area contributed by atoms with E-state index in [0.717, 1.165) is 51.0 Å². The highest BCUT2D eigenvalue weighted by Gasteiger charge is 2.21.